The molecule has 1 aromatic carbocycles. The summed E-state index contributed by atoms with van der Waals surface area (Å²) in [4.78, 5) is 7.00. The van der Waals surface area contributed by atoms with Crippen LogP contribution in [0.5, 0.6) is 0 Å². The predicted molar refractivity (Wildman–Crippen MR) is 84.0 cm³/mol. The normalized spacial score (nSPS) is 24.1. The Hall–Kier alpha value is -1.16. The first-order valence-corrected chi connectivity index (χ1v) is 7.63. The highest BCUT2D eigenvalue weighted by atomic mass is 35.5. The molecule has 0 bridgehead atoms. The van der Waals surface area contributed by atoms with Crippen molar-refractivity contribution >= 4 is 22.5 Å². The van der Waals surface area contributed by atoms with Crippen molar-refractivity contribution in [3.63, 3.8) is 0 Å². The summed E-state index contributed by atoms with van der Waals surface area (Å²) in [5.74, 6) is 0. The van der Waals surface area contributed by atoms with E-state index in [0.717, 1.165) is 35.4 Å². The second-order valence-corrected chi connectivity index (χ2v) is 5.82. The lowest BCUT2D eigenvalue weighted by molar-refractivity contribution is 0.137. The molecule has 1 aliphatic rings. The van der Waals surface area contributed by atoms with Crippen molar-refractivity contribution < 1.29 is 0 Å². The number of halogens is 1. The molecular formula is C16H20ClN3. The molecule has 0 saturated carbocycles. The molecule has 2 atom stereocenters. The number of rotatable bonds is 2. The van der Waals surface area contributed by atoms with Crippen LogP contribution < -0.4 is 5.73 Å². The number of hydrogen-bond donors (Lipinski definition) is 1. The van der Waals surface area contributed by atoms with Gasteiger partial charge in [-0.1, -0.05) is 24.6 Å². The number of fused-ring (bicyclic) bond motifs is 1. The quantitative estimate of drug-likeness (QED) is 0.922. The highest BCUT2D eigenvalue weighted by Crippen LogP contribution is 2.35. The summed E-state index contributed by atoms with van der Waals surface area (Å²) in [5, 5.41) is 1.77. The summed E-state index contributed by atoms with van der Waals surface area (Å²) < 4.78 is 0. The molecule has 0 aliphatic carbocycles. The lowest BCUT2D eigenvalue weighted by atomic mass is 9.89. The van der Waals surface area contributed by atoms with Crippen LogP contribution in [0.2, 0.25) is 5.02 Å². The molecule has 0 spiro atoms. The average molecular weight is 290 g/mol. The van der Waals surface area contributed by atoms with Gasteiger partial charge in [0.1, 0.15) is 0 Å². The average Bonchev–Trinajstić information content (AvgIpc) is 2.48. The van der Waals surface area contributed by atoms with Crippen LogP contribution in [-0.4, -0.2) is 29.0 Å². The van der Waals surface area contributed by atoms with Gasteiger partial charge in [0.2, 0.25) is 0 Å². The summed E-state index contributed by atoms with van der Waals surface area (Å²) in [5.41, 5.74) is 8.60. The van der Waals surface area contributed by atoms with Crippen LogP contribution in [0.1, 0.15) is 31.4 Å². The van der Waals surface area contributed by atoms with E-state index in [1.54, 1.807) is 0 Å². The summed E-state index contributed by atoms with van der Waals surface area (Å²) in [6, 6.07) is 8.42. The highest BCUT2D eigenvalue weighted by molar-refractivity contribution is 6.35. The number of pyridine rings is 1. The number of benzene rings is 1. The minimum atomic E-state index is 0.162. The standard InChI is InChI=1S/C16H20ClN3/c1-2-20-10-4-6-14(18)16(20)12-7-8-13(17)11-5-3-9-19-15(11)12/h3,5,7-9,14,16H,2,4,6,10,18H2,1H3. The van der Waals surface area contributed by atoms with Crippen LogP contribution in [0.3, 0.4) is 0 Å². The van der Waals surface area contributed by atoms with Crippen molar-refractivity contribution in [2.24, 2.45) is 5.73 Å². The van der Waals surface area contributed by atoms with Crippen molar-refractivity contribution in [3.05, 3.63) is 41.0 Å². The molecule has 20 heavy (non-hydrogen) atoms. The van der Waals surface area contributed by atoms with Gasteiger partial charge in [0.05, 0.1) is 11.6 Å². The lowest BCUT2D eigenvalue weighted by Crippen LogP contribution is -2.45. The number of nitrogens with zero attached hydrogens (tertiary/aromatic N) is 2. The molecule has 0 radical (unpaired) electrons. The fourth-order valence-electron chi connectivity index (χ4n) is 3.28. The SMILES string of the molecule is CCN1CCCC(N)C1c1ccc(Cl)c2cccnc12. The molecule has 1 aromatic heterocycles. The molecule has 1 fully saturated rings. The minimum absolute atomic E-state index is 0.162. The first-order valence-electron chi connectivity index (χ1n) is 7.25. The van der Waals surface area contributed by atoms with E-state index in [1.165, 1.54) is 12.0 Å². The molecule has 1 saturated heterocycles. The molecule has 3 rings (SSSR count). The monoisotopic (exact) mass is 289 g/mol. The van der Waals surface area contributed by atoms with E-state index >= 15 is 0 Å². The Labute approximate surface area is 124 Å². The second-order valence-electron chi connectivity index (χ2n) is 5.42. The third kappa shape index (κ3) is 2.30. The Morgan fingerprint density at radius 1 is 1.40 bits per heavy atom. The lowest BCUT2D eigenvalue weighted by Gasteiger charge is -2.39. The zero-order chi connectivity index (χ0) is 14.1. The first-order chi connectivity index (χ1) is 9.72. The number of aromatic nitrogens is 1. The Morgan fingerprint density at radius 3 is 3.05 bits per heavy atom. The third-order valence-electron chi connectivity index (χ3n) is 4.25. The molecule has 1 aliphatic heterocycles. The predicted octanol–water partition coefficient (Wildman–Crippen LogP) is 3.37. The highest BCUT2D eigenvalue weighted by Gasteiger charge is 2.30. The molecular weight excluding hydrogens is 270 g/mol. The van der Waals surface area contributed by atoms with Crippen molar-refractivity contribution in [1.29, 1.82) is 0 Å². The minimum Gasteiger partial charge on any atom is -0.326 e. The molecule has 2 aromatic rings. The summed E-state index contributed by atoms with van der Waals surface area (Å²) in [6.07, 6.45) is 4.06. The first kappa shape index (κ1) is 13.8. The molecule has 4 heteroatoms. The fraction of sp³-hybridized carbons (Fsp3) is 0.438. The van der Waals surface area contributed by atoms with Crippen LogP contribution in [0.4, 0.5) is 0 Å². The molecule has 2 heterocycles. The van der Waals surface area contributed by atoms with E-state index in [2.05, 4.69) is 22.9 Å². The Balaban J connectivity index is 2.15. The maximum absolute atomic E-state index is 6.40. The van der Waals surface area contributed by atoms with Gasteiger partial charge >= 0.3 is 0 Å². The van der Waals surface area contributed by atoms with Crippen LogP contribution in [-0.2, 0) is 0 Å². The van der Waals surface area contributed by atoms with Crippen LogP contribution >= 0.6 is 11.6 Å². The maximum Gasteiger partial charge on any atom is 0.0765 e. The van der Waals surface area contributed by atoms with E-state index in [4.69, 9.17) is 17.3 Å². The van der Waals surface area contributed by atoms with Gasteiger partial charge < -0.3 is 5.73 Å². The largest absolute Gasteiger partial charge is 0.326 e. The Morgan fingerprint density at radius 2 is 2.25 bits per heavy atom. The van der Waals surface area contributed by atoms with Crippen molar-refractivity contribution in [2.45, 2.75) is 31.8 Å². The number of nitrogens with two attached hydrogens (primary N) is 1. The zero-order valence-corrected chi connectivity index (χ0v) is 12.5. The van der Waals surface area contributed by atoms with Gasteiger partial charge in [0.25, 0.3) is 0 Å². The number of likely N-dealkylation sites (N-methyl/N-ethyl adjacent to an activating group) is 1. The van der Waals surface area contributed by atoms with Gasteiger partial charge in [-0.15, -0.1) is 0 Å². The Kier molecular flexibility index (Phi) is 3.92. The smallest absolute Gasteiger partial charge is 0.0765 e. The van der Waals surface area contributed by atoms with E-state index in [0.29, 0.717) is 0 Å². The molecule has 0 amide bonds. The van der Waals surface area contributed by atoms with E-state index in [-0.39, 0.29) is 12.1 Å². The molecule has 2 N–H and O–H groups in total. The van der Waals surface area contributed by atoms with Gasteiger partial charge in [-0.25, -0.2) is 0 Å². The van der Waals surface area contributed by atoms with Crippen molar-refractivity contribution in [1.82, 2.24) is 9.88 Å². The van der Waals surface area contributed by atoms with E-state index < -0.39 is 0 Å². The topological polar surface area (TPSA) is 42.1 Å². The summed E-state index contributed by atoms with van der Waals surface area (Å²) in [7, 11) is 0. The summed E-state index contributed by atoms with van der Waals surface area (Å²) >= 11 is 6.29. The number of hydrogen-bond acceptors (Lipinski definition) is 3. The molecule has 106 valence electrons. The summed E-state index contributed by atoms with van der Waals surface area (Å²) in [6.45, 7) is 4.30. The molecule has 2 unspecified atom stereocenters. The van der Waals surface area contributed by atoms with Crippen LogP contribution in [0.25, 0.3) is 10.9 Å². The maximum atomic E-state index is 6.40. The van der Waals surface area contributed by atoms with Gasteiger partial charge in [-0.3, -0.25) is 9.88 Å². The number of likely N-dealkylation sites (tertiary alicyclic amines) is 1. The van der Waals surface area contributed by atoms with Gasteiger partial charge in [-0.2, -0.15) is 0 Å². The van der Waals surface area contributed by atoms with Crippen LogP contribution in [0.15, 0.2) is 30.5 Å². The van der Waals surface area contributed by atoms with Crippen LogP contribution in [0, 0.1) is 0 Å². The van der Waals surface area contributed by atoms with Crippen molar-refractivity contribution in [2.75, 3.05) is 13.1 Å². The van der Waals surface area contributed by atoms with Crippen molar-refractivity contribution in [3.8, 4) is 0 Å². The zero-order valence-electron chi connectivity index (χ0n) is 11.7. The van der Waals surface area contributed by atoms with Gasteiger partial charge in [-0.05, 0) is 49.7 Å². The van der Waals surface area contributed by atoms with Gasteiger partial charge in [0.15, 0.2) is 0 Å². The van der Waals surface area contributed by atoms with E-state index in [1.807, 2.05) is 24.4 Å². The molecule has 3 nitrogen and oxygen atoms in total. The number of piperidine rings is 1. The second kappa shape index (κ2) is 5.68. The third-order valence-corrected chi connectivity index (χ3v) is 4.58. The van der Waals surface area contributed by atoms with Gasteiger partial charge in [0, 0.05) is 22.6 Å². The Bertz CT molecular complexity index is 614. The fourth-order valence-corrected chi connectivity index (χ4v) is 3.49. The van der Waals surface area contributed by atoms with E-state index in [9.17, 15) is 0 Å².